The van der Waals surface area contributed by atoms with Crippen LogP contribution in [0.4, 0.5) is 0 Å². The molecule has 0 amide bonds. The minimum absolute atomic E-state index is 0.408. The van der Waals surface area contributed by atoms with E-state index in [0.29, 0.717) is 6.42 Å². The molecule has 0 saturated carbocycles. The zero-order valence-electron chi connectivity index (χ0n) is 20.8. The van der Waals surface area contributed by atoms with Gasteiger partial charge in [-0.25, -0.2) is 13.4 Å². The number of hydrogen-bond donors (Lipinski definition) is 0. The van der Waals surface area contributed by atoms with Crippen LogP contribution >= 0.6 is 23.4 Å². The normalized spacial score (nSPS) is 12.0. The lowest BCUT2D eigenvalue weighted by atomic mass is 10.1. The maximum atomic E-state index is 11.6. The third kappa shape index (κ3) is 9.53. The molecule has 0 fully saturated rings. The van der Waals surface area contributed by atoms with Gasteiger partial charge in [0, 0.05) is 35.0 Å². The van der Waals surface area contributed by atoms with Gasteiger partial charge in [-0.2, -0.15) is 0 Å². The van der Waals surface area contributed by atoms with Crippen molar-refractivity contribution in [3.8, 4) is 11.4 Å². The van der Waals surface area contributed by atoms with E-state index in [2.05, 4.69) is 11.6 Å². The maximum Gasteiger partial charge on any atom is 0.154 e. The van der Waals surface area contributed by atoms with Crippen molar-refractivity contribution in [2.24, 2.45) is 7.05 Å². The number of sulfone groups is 1. The Bertz CT molecular complexity index is 1150. The predicted molar refractivity (Wildman–Crippen MR) is 150 cm³/mol. The third-order valence-electron chi connectivity index (χ3n) is 4.83. The van der Waals surface area contributed by atoms with Crippen LogP contribution in [0.5, 0.6) is 0 Å². The van der Waals surface area contributed by atoms with Crippen molar-refractivity contribution in [2.45, 2.75) is 37.3 Å². The summed E-state index contributed by atoms with van der Waals surface area (Å²) < 4.78 is 25.2. The van der Waals surface area contributed by atoms with Crippen molar-refractivity contribution in [1.29, 1.82) is 0 Å². The lowest BCUT2D eigenvalue weighted by molar-refractivity contribution is 0.594. The first-order valence-electron chi connectivity index (χ1n) is 11.0. The molecule has 3 aromatic rings. The first-order chi connectivity index (χ1) is 16.2. The highest BCUT2D eigenvalue weighted by atomic mass is 35.5. The van der Waals surface area contributed by atoms with E-state index in [9.17, 15) is 8.42 Å². The number of benzene rings is 2. The summed E-state index contributed by atoms with van der Waals surface area (Å²) in [4.78, 5) is 5.91. The lowest BCUT2D eigenvalue weighted by Crippen LogP contribution is -2.16. The molecule has 0 aliphatic rings. The monoisotopic (exact) mass is 518 g/mol. The molecule has 0 spiro atoms. The van der Waals surface area contributed by atoms with Gasteiger partial charge in [-0.3, -0.25) is 0 Å². The van der Waals surface area contributed by atoms with Crippen LogP contribution in [-0.2, 0) is 16.9 Å². The molecule has 1 atom stereocenters. The van der Waals surface area contributed by atoms with Crippen molar-refractivity contribution < 1.29 is 8.42 Å². The fraction of sp³-hybridized carbons (Fsp3) is 0.296. The molecule has 1 unspecified atom stereocenters. The Kier molecular flexibility index (Phi) is 13.0. The van der Waals surface area contributed by atoms with Crippen molar-refractivity contribution in [2.75, 3.05) is 12.5 Å². The van der Waals surface area contributed by atoms with Gasteiger partial charge in [-0.05, 0) is 49.4 Å². The summed E-state index contributed by atoms with van der Waals surface area (Å²) in [5.41, 5.74) is 2.86. The summed E-state index contributed by atoms with van der Waals surface area (Å²) in [7, 11) is -1.17. The highest BCUT2D eigenvalue weighted by Crippen LogP contribution is 2.22. The summed E-state index contributed by atoms with van der Waals surface area (Å²) in [6.07, 6.45) is 9.03. The third-order valence-corrected chi connectivity index (χ3v) is 7.31. The van der Waals surface area contributed by atoms with E-state index in [0.717, 1.165) is 27.7 Å². The molecule has 0 bridgehead atoms. The summed E-state index contributed by atoms with van der Waals surface area (Å²) in [5.74, 6) is 0.886. The van der Waals surface area contributed by atoms with Crippen molar-refractivity contribution in [3.63, 3.8) is 0 Å². The molecule has 3 rings (SSSR count). The topological polar surface area (TPSA) is 52.0 Å². The fourth-order valence-corrected chi connectivity index (χ4v) is 4.26. The minimum atomic E-state index is -3.13. The standard InChI is InChI=1S/C18H22N2O2S.C7H7ClS.C2H6/c1-5-16(23(4,21)22)12-11-14(2)17-13-20(3)18(19-17)15-9-7-6-8-10-15;1-9-7-4-2-6(8)3-5-7;1-2/h5-11,13,16H,1,12H2,2-4H3;2-5H,1H3;1-2H3/b14-11+;;. The second-order valence-corrected chi connectivity index (χ2v) is 10.9. The Morgan fingerprint density at radius 3 is 2.24 bits per heavy atom. The Morgan fingerprint density at radius 1 is 1.15 bits per heavy atom. The Labute approximate surface area is 214 Å². The number of hydrogen-bond acceptors (Lipinski definition) is 4. The van der Waals surface area contributed by atoms with Crippen LogP contribution in [0.15, 0.2) is 84.4 Å². The van der Waals surface area contributed by atoms with Crippen molar-refractivity contribution in [3.05, 3.63) is 90.2 Å². The SMILES string of the molecule is C=CC(C/C=C(\C)c1cn(C)c(-c2ccccc2)n1)S(C)(=O)=O.CC.CSc1ccc(Cl)cc1. The van der Waals surface area contributed by atoms with E-state index in [1.165, 1.54) is 17.2 Å². The molecule has 0 radical (unpaired) electrons. The molecule has 0 aliphatic carbocycles. The zero-order valence-corrected chi connectivity index (χ0v) is 23.2. The average molecular weight is 519 g/mol. The van der Waals surface area contributed by atoms with Gasteiger partial charge in [0.2, 0.25) is 0 Å². The van der Waals surface area contributed by atoms with Crippen LogP contribution < -0.4 is 0 Å². The van der Waals surface area contributed by atoms with Gasteiger partial charge in [0.25, 0.3) is 0 Å². The first kappa shape index (κ1) is 29.8. The Balaban J connectivity index is 0.000000437. The van der Waals surface area contributed by atoms with Crippen molar-refractivity contribution >= 4 is 38.8 Å². The molecule has 1 aromatic heterocycles. The average Bonchev–Trinajstić information content (AvgIpc) is 3.23. The summed E-state index contributed by atoms with van der Waals surface area (Å²) in [6, 6.07) is 17.8. The zero-order chi connectivity index (χ0) is 25.7. The lowest BCUT2D eigenvalue weighted by Gasteiger charge is -2.07. The van der Waals surface area contributed by atoms with Gasteiger partial charge in [0.05, 0.1) is 10.9 Å². The molecule has 1 heterocycles. The predicted octanol–water partition coefficient (Wildman–Crippen LogP) is 7.57. The number of thioether (sulfide) groups is 1. The van der Waals surface area contributed by atoms with Gasteiger partial charge >= 0.3 is 0 Å². The highest BCUT2D eigenvalue weighted by molar-refractivity contribution is 7.98. The van der Waals surface area contributed by atoms with Gasteiger partial charge in [-0.1, -0.05) is 67.9 Å². The van der Waals surface area contributed by atoms with Crippen molar-refractivity contribution in [1.82, 2.24) is 9.55 Å². The van der Waals surface area contributed by atoms with Gasteiger partial charge in [-0.15, -0.1) is 18.3 Å². The van der Waals surface area contributed by atoms with E-state index < -0.39 is 15.1 Å². The first-order valence-corrected chi connectivity index (χ1v) is 14.6. The Hall–Kier alpha value is -2.28. The molecule has 0 N–H and O–H groups in total. The molecular formula is C27H35ClN2O2S2. The largest absolute Gasteiger partial charge is 0.333 e. The minimum Gasteiger partial charge on any atom is -0.333 e. The summed E-state index contributed by atoms with van der Waals surface area (Å²) in [5, 5.41) is 0.238. The second kappa shape index (κ2) is 14.9. The number of aryl methyl sites for hydroxylation is 1. The van der Waals surface area contributed by atoms with Crippen LogP contribution in [0.3, 0.4) is 0 Å². The van der Waals surface area contributed by atoms with Crippen LogP contribution in [0.25, 0.3) is 17.0 Å². The summed E-state index contributed by atoms with van der Waals surface area (Å²) >= 11 is 7.38. The van der Waals surface area contributed by atoms with Gasteiger partial charge in [0.15, 0.2) is 9.84 Å². The quantitative estimate of drug-likeness (QED) is 0.239. The number of halogens is 1. The van der Waals surface area contributed by atoms with Crippen LogP contribution in [0.2, 0.25) is 5.02 Å². The van der Waals surface area contributed by atoms with E-state index >= 15 is 0 Å². The molecule has 0 saturated heterocycles. The molecule has 2 aromatic carbocycles. The number of aromatic nitrogens is 2. The maximum absolute atomic E-state index is 11.6. The van der Waals surface area contributed by atoms with E-state index in [-0.39, 0.29) is 0 Å². The second-order valence-electron chi connectivity index (χ2n) is 7.31. The van der Waals surface area contributed by atoms with Crippen LogP contribution in [0, 0.1) is 0 Å². The van der Waals surface area contributed by atoms with E-state index in [1.807, 2.05) is 106 Å². The number of nitrogens with zero attached hydrogens (tertiary/aromatic N) is 2. The highest BCUT2D eigenvalue weighted by Gasteiger charge is 2.16. The van der Waals surface area contributed by atoms with Crippen LogP contribution in [-0.4, -0.2) is 35.7 Å². The molecule has 4 nitrogen and oxygen atoms in total. The van der Waals surface area contributed by atoms with Gasteiger partial charge < -0.3 is 4.57 Å². The number of rotatable bonds is 7. The molecule has 34 heavy (non-hydrogen) atoms. The molecular weight excluding hydrogens is 484 g/mol. The molecule has 184 valence electrons. The summed E-state index contributed by atoms with van der Waals surface area (Å²) in [6.45, 7) is 9.55. The van der Waals surface area contributed by atoms with Gasteiger partial charge in [0.1, 0.15) is 5.82 Å². The molecule has 7 heteroatoms. The number of allylic oxidation sites excluding steroid dienone is 2. The smallest absolute Gasteiger partial charge is 0.154 e. The fourth-order valence-electron chi connectivity index (χ4n) is 2.93. The van der Waals surface area contributed by atoms with Crippen LogP contribution in [0.1, 0.15) is 32.9 Å². The number of imidazole rings is 1. The van der Waals surface area contributed by atoms with E-state index in [4.69, 9.17) is 11.6 Å². The van der Waals surface area contributed by atoms with E-state index in [1.54, 1.807) is 11.8 Å². The molecule has 0 aliphatic heterocycles. The Morgan fingerprint density at radius 2 is 1.74 bits per heavy atom.